The number of aromatic nitrogens is 3. The van der Waals surface area contributed by atoms with Gasteiger partial charge in [0.1, 0.15) is 12.4 Å². The fraction of sp³-hybridized carbons (Fsp3) is 0.333. The van der Waals surface area contributed by atoms with Crippen LogP contribution in [0.4, 0.5) is 22.1 Å². The van der Waals surface area contributed by atoms with Crippen molar-refractivity contribution >= 4 is 23.4 Å². The van der Waals surface area contributed by atoms with Crippen molar-refractivity contribution in [3.05, 3.63) is 46.3 Å². The van der Waals surface area contributed by atoms with Gasteiger partial charge in [0.25, 0.3) is 0 Å². The smallest absolute Gasteiger partial charge is 0.416 e. The minimum absolute atomic E-state index is 0.0509. The summed E-state index contributed by atoms with van der Waals surface area (Å²) >= 11 is 0. The van der Waals surface area contributed by atoms with Crippen LogP contribution in [0.3, 0.4) is 0 Å². The number of nitrogen functional groups attached to an aromatic ring is 1. The quantitative estimate of drug-likeness (QED) is 0.437. The molecule has 1 aliphatic rings. The van der Waals surface area contributed by atoms with E-state index in [1.807, 2.05) is 12.2 Å². The molecule has 3 heterocycles. The van der Waals surface area contributed by atoms with Crippen molar-refractivity contribution < 1.29 is 23.9 Å². The van der Waals surface area contributed by atoms with E-state index in [9.17, 15) is 14.9 Å². The summed E-state index contributed by atoms with van der Waals surface area (Å²) in [7, 11) is 0. The maximum atomic E-state index is 12.7. The summed E-state index contributed by atoms with van der Waals surface area (Å²) in [4.78, 5) is 36.6. The molecule has 0 radical (unpaired) electrons. The van der Waals surface area contributed by atoms with Crippen LogP contribution in [-0.2, 0) is 11.3 Å². The lowest BCUT2D eigenvalue weighted by atomic mass is 10.3. The molecule has 30 heavy (non-hydrogen) atoms. The van der Waals surface area contributed by atoms with Crippen molar-refractivity contribution in [1.29, 1.82) is 0 Å². The Bertz CT molecular complexity index is 966. The fourth-order valence-corrected chi connectivity index (χ4v) is 2.64. The second-order valence-electron chi connectivity index (χ2n) is 6.01. The minimum atomic E-state index is -0.858. The molecule has 2 aromatic rings. The Morgan fingerprint density at radius 3 is 2.97 bits per heavy atom. The van der Waals surface area contributed by atoms with E-state index in [1.54, 1.807) is 19.1 Å². The summed E-state index contributed by atoms with van der Waals surface area (Å²) in [5, 5.41) is 11.6. The summed E-state index contributed by atoms with van der Waals surface area (Å²) in [6.07, 6.45) is 4.84. The number of carbonyl (C=O) groups is 1. The highest BCUT2D eigenvalue weighted by atomic mass is 16.6. The maximum absolute atomic E-state index is 12.7. The Kier molecular flexibility index (Phi) is 6.57. The average Bonchev–Trinajstić information content (AvgIpc) is 2.70. The van der Waals surface area contributed by atoms with Crippen molar-refractivity contribution in [2.24, 2.45) is 0 Å². The Hall–Kier alpha value is -3.96. The zero-order valence-electron chi connectivity index (χ0n) is 16.2. The molecule has 0 fully saturated rings. The molecule has 12 nitrogen and oxygen atoms in total. The third kappa shape index (κ3) is 4.90. The first-order valence-corrected chi connectivity index (χ1v) is 9.11. The molecule has 158 valence electrons. The molecule has 4 bridgehead atoms. The van der Waals surface area contributed by atoms with Gasteiger partial charge >= 0.3 is 17.8 Å². The van der Waals surface area contributed by atoms with Crippen LogP contribution in [0.25, 0.3) is 0 Å². The minimum Gasteiger partial charge on any atom is -0.489 e. The molecule has 0 saturated heterocycles. The van der Waals surface area contributed by atoms with Crippen molar-refractivity contribution in [2.45, 2.75) is 19.9 Å². The van der Waals surface area contributed by atoms with Crippen molar-refractivity contribution in [3.8, 4) is 11.8 Å². The predicted molar refractivity (Wildman–Crippen MR) is 105 cm³/mol. The van der Waals surface area contributed by atoms with Gasteiger partial charge in [-0.2, -0.15) is 9.97 Å². The second-order valence-corrected chi connectivity index (χ2v) is 6.01. The molecular formula is C18H20N6O6. The molecule has 1 amide bonds. The molecular weight excluding hydrogens is 396 g/mol. The number of nitrogens with two attached hydrogens (primary N) is 1. The Morgan fingerprint density at radius 1 is 1.37 bits per heavy atom. The summed E-state index contributed by atoms with van der Waals surface area (Å²) in [5.74, 6) is -0.254. The van der Waals surface area contributed by atoms with E-state index in [0.29, 0.717) is 24.5 Å². The second kappa shape index (κ2) is 9.49. The monoisotopic (exact) mass is 416 g/mol. The van der Waals surface area contributed by atoms with Crippen LogP contribution in [0.1, 0.15) is 19.0 Å². The average molecular weight is 416 g/mol. The van der Waals surface area contributed by atoms with E-state index in [0.717, 1.165) is 4.90 Å². The third-order valence-electron chi connectivity index (χ3n) is 3.94. The van der Waals surface area contributed by atoms with Crippen molar-refractivity contribution in [2.75, 3.05) is 30.5 Å². The summed E-state index contributed by atoms with van der Waals surface area (Å²) in [5.41, 5.74) is 5.56. The Balaban J connectivity index is 2.14. The highest BCUT2D eigenvalue weighted by molar-refractivity contribution is 5.90. The number of nitro groups is 1. The van der Waals surface area contributed by atoms with Crippen LogP contribution in [-0.4, -0.2) is 45.8 Å². The highest BCUT2D eigenvalue weighted by Crippen LogP contribution is 2.34. The molecule has 2 N–H and O–H groups in total. The van der Waals surface area contributed by atoms with Gasteiger partial charge in [-0.25, -0.2) is 9.69 Å². The van der Waals surface area contributed by atoms with E-state index in [2.05, 4.69) is 15.0 Å². The molecule has 0 saturated carbocycles. The van der Waals surface area contributed by atoms with Crippen LogP contribution < -0.4 is 20.1 Å². The number of hydrogen-bond acceptors (Lipinski definition) is 10. The van der Waals surface area contributed by atoms with Crippen LogP contribution in [0.2, 0.25) is 0 Å². The van der Waals surface area contributed by atoms with Gasteiger partial charge in [-0.1, -0.05) is 12.2 Å². The first-order chi connectivity index (χ1) is 14.5. The van der Waals surface area contributed by atoms with Gasteiger partial charge in [-0.15, -0.1) is 0 Å². The fourth-order valence-electron chi connectivity index (χ4n) is 2.64. The number of rotatable bonds is 2. The van der Waals surface area contributed by atoms with Gasteiger partial charge in [0, 0.05) is 12.3 Å². The standard InChI is InChI=1S/C18H20N6O6/c1-2-28-18(25)23-11-12-10-13(6-7-20-12)29-8-4-3-5-9-30-17-21-15(19)14(24(26)27)16(23)22-17/h3-4,6-7,10H,2,5,8-9,11H2,1H3,(H2,19,21,22)/b4-3-. The predicted octanol–water partition coefficient (Wildman–Crippen LogP) is 2.24. The molecule has 0 atom stereocenters. The van der Waals surface area contributed by atoms with E-state index in [4.69, 9.17) is 19.9 Å². The van der Waals surface area contributed by atoms with Gasteiger partial charge in [-0.05, 0) is 19.4 Å². The molecule has 0 aromatic carbocycles. The number of carbonyl (C=O) groups excluding carboxylic acids is 1. The van der Waals surface area contributed by atoms with Crippen LogP contribution in [0, 0.1) is 10.1 Å². The summed E-state index contributed by atoms with van der Waals surface area (Å²) < 4.78 is 16.2. The Labute approximate surface area is 171 Å². The largest absolute Gasteiger partial charge is 0.489 e. The molecule has 3 rings (SSSR count). The lowest BCUT2D eigenvalue weighted by Crippen LogP contribution is -2.33. The van der Waals surface area contributed by atoms with Gasteiger partial charge in [-0.3, -0.25) is 15.1 Å². The SMILES string of the molecule is CCOC(=O)N1Cc2cc(ccn2)OC/C=C\CCOc2nc(N)c([N+](=O)[O-])c1n2. The van der Waals surface area contributed by atoms with Crippen LogP contribution in [0.5, 0.6) is 11.8 Å². The number of ether oxygens (including phenoxy) is 3. The number of hydrogen-bond donors (Lipinski definition) is 1. The van der Waals surface area contributed by atoms with Crippen LogP contribution in [0.15, 0.2) is 30.5 Å². The molecule has 1 aliphatic heterocycles. The third-order valence-corrected chi connectivity index (χ3v) is 3.94. The van der Waals surface area contributed by atoms with E-state index in [1.165, 1.54) is 6.20 Å². The number of amides is 1. The number of nitrogens with zero attached hydrogens (tertiary/aromatic N) is 5. The normalized spacial score (nSPS) is 15.0. The van der Waals surface area contributed by atoms with Gasteiger partial charge in [0.15, 0.2) is 0 Å². The van der Waals surface area contributed by atoms with Crippen molar-refractivity contribution in [1.82, 2.24) is 15.0 Å². The number of fused-ring (bicyclic) bond motifs is 4. The van der Waals surface area contributed by atoms with Gasteiger partial charge in [0.2, 0.25) is 11.6 Å². The maximum Gasteiger partial charge on any atom is 0.416 e. The lowest BCUT2D eigenvalue weighted by Gasteiger charge is -2.21. The Morgan fingerprint density at radius 2 is 2.20 bits per heavy atom. The van der Waals surface area contributed by atoms with E-state index < -0.39 is 22.5 Å². The van der Waals surface area contributed by atoms with Crippen LogP contribution >= 0.6 is 0 Å². The lowest BCUT2D eigenvalue weighted by molar-refractivity contribution is -0.383. The molecule has 2 aromatic heterocycles. The molecule has 12 heteroatoms. The highest BCUT2D eigenvalue weighted by Gasteiger charge is 2.32. The van der Waals surface area contributed by atoms with E-state index in [-0.39, 0.29) is 31.6 Å². The zero-order valence-corrected chi connectivity index (χ0v) is 16.2. The van der Waals surface area contributed by atoms with E-state index >= 15 is 0 Å². The van der Waals surface area contributed by atoms with Gasteiger partial charge in [0.05, 0.1) is 30.4 Å². The van der Waals surface area contributed by atoms with Gasteiger partial charge < -0.3 is 19.9 Å². The molecule has 0 spiro atoms. The number of anilines is 2. The molecule has 0 aliphatic carbocycles. The molecule has 0 unspecified atom stereocenters. The zero-order chi connectivity index (χ0) is 21.5. The van der Waals surface area contributed by atoms with Crippen molar-refractivity contribution in [3.63, 3.8) is 0 Å². The summed E-state index contributed by atoms with van der Waals surface area (Å²) in [6, 6.07) is 3.09. The summed E-state index contributed by atoms with van der Waals surface area (Å²) in [6.45, 7) is 2.01. The topological polar surface area (TPSA) is 156 Å². The first-order valence-electron chi connectivity index (χ1n) is 9.11. The first kappa shape index (κ1) is 20.8. The number of pyridine rings is 1.